The fourth-order valence-electron chi connectivity index (χ4n) is 1.93. The van der Waals surface area contributed by atoms with Gasteiger partial charge in [0.25, 0.3) is 0 Å². The molecule has 0 bridgehead atoms. The van der Waals surface area contributed by atoms with Gasteiger partial charge in [-0.3, -0.25) is 0 Å². The van der Waals surface area contributed by atoms with Gasteiger partial charge in [-0.05, 0) is 5.92 Å². The van der Waals surface area contributed by atoms with E-state index in [-0.39, 0.29) is 0 Å². The predicted octanol–water partition coefficient (Wildman–Crippen LogP) is 1.63. The number of hydrogen-bond donors (Lipinski definition) is 1. The SMILES string of the molecule is COc1ncc(CNCc2cncn2CC(C)C)cn1. The molecule has 108 valence electrons. The molecule has 6 heteroatoms. The summed E-state index contributed by atoms with van der Waals surface area (Å²) in [4.78, 5) is 12.4. The quantitative estimate of drug-likeness (QED) is 0.832. The highest BCUT2D eigenvalue weighted by atomic mass is 16.5. The zero-order valence-corrected chi connectivity index (χ0v) is 12.2. The molecular weight excluding hydrogens is 254 g/mol. The third-order valence-electron chi connectivity index (χ3n) is 2.86. The Bertz CT molecular complexity index is 521. The molecule has 0 atom stereocenters. The lowest BCUT2D eigenvalue weighted by Gasteiger charge is -2.11. The Labute approximate surface area is 119 Å². The molecule has 2 aromatic heterocycles. The van der Waals surface area contributed by atoms with Crippen LogP contribution in [0.3, 0.4) is 0 Å². The Morgan fingerprint density at radius 1 is 1.20 bits per heavy atom. The average Bonchev–Trinajstić information content (AvgIpc) is 2.86. The van der Waals surface area contributed by atoms with E-state index in [1.165, 1.54) is 5.69 Å². The van der Waals surface area contributed by atoms with Gasteiger partial charge in [-0.1, -0.05) is 13.8 Å². The summed E-state index contributed by atoms with van der Waals surface area (Å²) in [5.41, 5.74) is 2.22. The van der Waals surface area contributed by atoms with Gasteiger partial charge >= 0.3 is 6.01 Å². The molecule has 0 fully saturated rings. The Balaban J connectivity index is 1.84. The number of nitrogens with zero attached hydrogens (tertiary/aromatic N) is 4. The lowest BCUT2D eigenvalue weighted by Crippen LogP contribution is -2.17. The van der Waals surface area contributed by atoms with Gasteiger partial charge < -0.3 is 14.6 Å². The van der Waals surface area contributed by atoms with Crippen molar-refractivity contribution in [3.8, 4) is 6.01 Å². The normalized spacial score (nSPS) is 11.0. The molecule has 1 N–H and O–H groups in total. The number of methoxy groups -OCH3 is 1. The number of rotatable bonds is 7. The molecule has 0 amide bonds. The summed E-state index contributed by atoms with van der Waals surface area (Å²) in [6.45, 7) is 6.88. The second-order valence-corrected chi connectivity index (χ2v) is 5.11. The highest BCUT2D eigenvalue weighted by Crippen LogP contribution is 2.05. The van der Waals surface area contributed by atoms with Crippen molar-refractivity contribution in [3.05, 3.63) is 36.2 Å². The largest absolute Gasteiger partial charge is 0.467 e. The Hall–Kier alpha value is -1.95. The lowest BCUT2D eigenvalue weighted by atomic mass is 10.2. The molecule has 0 spiro atoms. The lowest BCUT2D eigenvalue weighted by molar-refractivity contribution is 0.379. The van der Waals surface area contributed by atoms with E-state index in [9.17, 15) is 0 Å². The van der Waals surface area contributed by atoms with Crippen molar-refractivity contribution < 1.29 is 4.74 Å². The van der Waals surface area contributed by atoms with Gasteiger partial charge in [0.1, 0.15) is 0 Å². The van der Waals surface area contributed by atoms with Crippen molar-refractivity contribution >= 4 is 0 Å². The first-order valence-corrected chi connectivity index (χ1v) is 6.73. The van der Waals surface area contributed by atoms with E-state index in [4.69, 9.17) is 4.74 Å². The number of aromatic nitrogens is 4. The molecule has 2 aromatic rings. The van der Waals surface area contributed by atoms with E-state index >= 15 is 0 Å². The monoisotopic (exact) mass is 275 g/mol. The summed E-state index contributed by atoms with van der Waals surface area (Å²) in [7, 11) is 1.56. The number of imidazole rings is 1. The van der Waals surface area contributed by atoms with Crippen LogP contribution >= 0.6 is 0 Å². The minimum absolute atomic E-state index is 0.392. The molecule has 0 aromatic carbocycles. The van der Waals surface area contributed by atoms with Gasteiger partial charge in [-0.25, -0.2) is 15.0 Å². The molecule has 0 unspecified atom stereocenters. The van der Waals surface area contributed by atoms with E-state index in [0.717, 1.165) is 25.2 Å². The minimum Gasteiger partial charge on any atom is -0.467 e. The first-order valence-electron chi connectivity index (χ1n) is 6.73. The Morgan fingerprint density at radius 2 is 1.95 bits per heavy atom. The van der Waals surface area contributed by atoms with Crippen LogP contribution in [0.2, 0.25) is 0 Å². The zero-order valence-electron chi connectivity index (χ0n) is 12.2. The van der Waals surface area contributed by atoms with Gasteiger partial charge in [-0.15, -0.1) is 0 Å². The van der Waals surface area contributed by atoms with Crippen molar-refractivity contribution in [2.24, 2.45) is 5.92 Å². The van der Waals surface area contributed by atoms with E-state index in [0.29, 0.717) is 11.9 Å². The summed E-state index contributed by atoms with van der Waals surface area (Å²) in [6.07, 6.45) is 7.32. The maximum atomic E-state index is 4.93. The van der Waals surface area contributed by atoms with Gasteiger partial charge in [-0.2, -0.15) is 0 Å². The molecule has 20 heavy (non-hydrogen) atoms. The fraction of sp³-hybridized carbons (Fsp3) is 0.500. The van der Waals surface area contributed by atoms with E-state index in [2.05, 4.69) is 38.7 Å². The van der Waals surface area contributed by atoms with Gasteiger partial charge in [0, 0.05) is 43.8 Å². The first-order chi connectivity index (χ1) is 9.69. The molecule has 2 rings (SSSR count). The Kier molecular flexibility index (Phi) is 5.06. The molecule has 6 nitrogen and oxygen atoms in total. The van der Waals surface area contributed by atoms with Crippen molar-refractivity contribution in [1.29, 1.82) is 0 Å². The van der Waals surface area contributed by atoms with Crippen LogP contribution in [0.25, 0.3) is 0 Å². The molecule has 0 aliphatic rings. The van der Waals surface area contributed by atoms with Crippen molar-refractivity contribution in [3.63, 3.8) is 0 Å². The van der Waals surface area contributed by atoms with E-state index in [1.54, 1.807) is 19.5 Å². The van der Waals surface area contributed by atoms with Crippen LogP contribution in [0.1, 0.15) is 25.1 Å². The minimum atomic E-state index is 0.392. The summed E-state index contributed by atoms with van der Waals surface area (Å²) in [6, 6.07) is 0.392. The summed E-state index contributed by atoms with van der Waals surface area (Å²) in [5, 5.41) is 3.37. The third kappa shape index (κ3) is 4.03. The molecule has 0 aliphatic heterocycles. The van der Waals surface area contributed by atoms with Gasteiger partial charge in [0.05, 0.1) is 19.1 Å². The van der Waals surface area contributed by atoms with Gasteiger partial charge in [0.15, 0.2) is 0 Å². The summed E-state index contributed by atoms with van der Waals surface area (Å²) < 4.78 is 7.11. The van der Waals surface area contributed by atoms with Crippen LogP contribution in [0.4, 0.5) is 0 Å². The summed E-state index contributed by atoms with van der Waals surface area (Å²) in [5.74, 6) is 0.609. The van der Waals surface area contributed by atoms with E-state index < -0.39 is 0 Å². The van der Waals surface area contributed by atoms with Crippen LogP contribution in [-0.4, -0.2) is 26.6 Å². The van der Waals surface area contributed by atoms with Crippen LogP contribution in [-0.2, 0) is 19.6 Å². The molecular formula is C14H21N5O. The van der Waals surface area contributed by atoms with Crippen LogP contribution in [0.5, 0.6) is 6.01 Å². The van der Waals surface area contributed by atoms with Crippen molar-refractivity contribution in [2.45, 2.75) is 33.5 Å². The summed E-state index contributed by atoms with van der Waals surface area (Å²) >= 11 is 0. The second-order valence-electron chi connectivity index (χ2n) is 5.11. The third-order valence-corrected chi connectivity index (χ3v) is 2.86. The Morgan fingerprint density at radius 3 is 2.60 bits per heavy atom. The maximum absolute atomic E-state index is 4.93. The predicted molar refractivity (Wildman–Crippen MR) is 76.2 cm³/mol. The fourth-order valence-corrected chi connectivity index (χ4v) is 1.93. The van der Waals surface area contributed by atoms with Crippen LogP contribution < -0.4 is 10.1 Å². The second kappa shape index (κ2) is 7.00. The highest BCUT2D eigenvalue weighted by molar-refractivity contribution is 5.07. The number of ether oxygens (including phenoxy) is 1. The van der Waals surface area contributed by atoms with E-state index in [1.807, 2.05) is 12.5 Å². The molecule has 0 saturated heterocycles. The molecule has 0 saturated carbocycles. The van der Waals surface area contributed by atoms with Crippen LogP contribution in [0.15, 0.2) is 24.9 Å². The average molecular weight is 275 g/mol. The molecule has 0 radical (unpaired) electrons. The molecule has 0 aliphatic carbocycles. The smallest absolute Gasteiger partial charge is 0.316 e. The van der Waals surface area contributed by atoms with Crippen molar-refractivity contribution in [1.82, 2.24) is 24.8 Å². The topological polar surface area (TPSA) is 64.9 Å². The maximum Gasteiger partial charge on any atom is 0.316 e. The van der Waals surface area contributed by atoms with Gasteiger partial charge in [0.2, 0.25) is 0 Å². The molecule has 2 heterocycles. The van der Waals surface area contributed by atoms with Crippen LogP contribution in [0, 0.1) is 5.92 Å². The highest BCUT2D eigenvalue weighted by Gasteiger charge is 2.04. The first kappa shape index (κ1) is 14.5. The van der Waals surface area contributed by atoms with Crippen molar-refractivity contribution in [2.75, 3.05) is 7.11 Å². The standard InChI is InChI=1S/C14H21N5O/c1-11(2)9-19-10-16-8-13(19)7-15-4-12-5-17-14(20-3)18-6-12/h5-6,8,10-11,15H,4,7,9H2,1-3H3. The zero-order chi connectivity index (χ0) is 14.4. The number of hydrogen-bond acceptors (Lipinski definition) is 5. The number of nitrogens with one attached hydrogen (secondary N) is 1.